The lowest BCUT2D eigenvalue weighted by atomic mass is 10.1. The van der Waals surface area contributed by atoms with Gasteiger partial charge in [-0.15, -0.1) is 0 Å². The second-order valence-electron chi connectivity index (χ2n) is 4.77. The van der Waals surface area contributed by atoms with E-state index in [0.717, 1.165) is 35.3 Å². The van der Waals surface area contributed by atoms with Crippen molar-refractivity contribution in [2.45, 2.75) is 30.8 Å². The molecule has 0 aliphatic heterocycles. The van der Waals surface area contributed by atoms with Gasteiger partial charge >= 0.3 is 0 Å². The molecule has 126 valence electrons. The predicted octanol–water partition coefficient (Wildman–Crippen LogP) is 2.47. The summed E-state index contributed by atoms with van der Waals surface area (Å²) >= 11 is 0. The summed E-state index contributed by atoms with van der Waals surface area (Å²) in [6.07, 6.45) is -0.890. The van der Waals surface area contributed by atoms with Gasteiger partial charge in [-0.3, -0.25) is 4.68 Å². The van der Waals surface area contributed by atoms with Crippen molar-refractivity contribution in [3.63, 3.8) is 0 Å². The highest BCUT2D eigenvalue weighted by molar-refractivity contribution is 7.89. The van der Waals surface area contributed by atoms with Crippen LogP contribution in [-0.4, -0.2) is 24.6 Å². The maximum absolute atomic E-state index is 13.7. The molecule has 1 aromatic carbocycles. The molecule has 2 rings (SSSR count). The van der Waals surface area contributed by atoms with E-state index in [1.54, 1.807) is 0 Å². The fourth-order valence-electron chi connectivity index (χ4n) is 2.01. The van der Waals surface area contributed by atoms with E-state index in [0.29, 0.717) is 0 Å². The summed E-state index contributed by atoms with van der Waals surface area (Å²) < 4.78 is 78.9. The zero-order valence-electron chi connectivity index (χ0n) is 11.9. The number of aromatic nitrogens is 2. The Hall–Kier alpha value is -1.94. The number of hydrogen-bond acceptors (Lipinski definition) is 3. The van der Waals surface area contributed by atoms with Crippen molar-refractivity contribution in [1.29, 1.82) is 0 Å². The topological polar surface area (TPSA) is 64.0 Å². The van der Waals surface area contributed by atoms with Gasteiger partial charge in [0.05, 0.1) is 6.20 Å². The van der Waals surface area contributed by atoms with Crippen molar-refractivity contribution in [2.75, 3.05) is 0 Å². The van der Waals surface area contributed by atoms with E-state index < -0.39 is 46.2 Å². The Bertz CT molecular complexity index is 772. The normalized spacial score (nSPS) is 13.5. The van der Waals surface area contributed by atoms with E-state index in [2.05, 4.69) is 9.82 Å². The highest BCUT2D eigenvalue weighted by atomic mass is 32.2. The molecule has 0 bridgehead atoms. The molecule has 1 heterocycles. The Morgan fingerprint density at radius 3 is 2.43 bits per heavy atom. The van der Waals surface area contributed by atoms with E-state index in [9.17, 15) is 26.0 Å². The Morgan fingerprint density at radius 1 is 1.26 bits per heavy atom. The van der Waals surface area contributed by atoms with Crippen LogP contribution in [0, 0.1) is 11.6 Å². The maximum Gasteiger partial charge on any atom is 0.257 e. The van der Waals surface area contributed by atoms with Gasteiger partial charge in [0.2, 0.25) is 10.0 Å². The maximum atomic E-state index is 13.7. The lowest BCUT2D eigenvalue weighted by Crippen LogP contribution is -2.28. The number of halogens is 4. The van der Waals surface area contributed by atoms with Crippen LogP contribution < -0.4 is 4.72 Å². The summed E-state index contributed by atoms with van der Waals surface area (Å²) in [5.74, 6) is -1.79. The van der Waals surface area contributed by atoms with E-state index in [4.69, 9.17) is 0 Å². The molecule has 1 aromatic heterocycles. The van der Waals surface area contributed by atoms with Gasteiger partial charge in [0.15, 0.2) is 0 Å². The molecule has 0 saturated carbocycles. The van der Waals surface area contributed by atoms with Crippen LogP contribution in [0.25, 0.3) is 0 Å². The van der Waals surface area contributed by atoms with E-state index >= 15 is 0 Å². The summed E-state index contributed by atoms with van der Waals surface area (Å²) in [4.78, 5) is -0.373. The third-order valence-electron chi connectivity index (χ3n) is 3.01. The van der Waals surface area contributed by atoms with Crippen LogP contribution in [0.4, 0.5) is 17.6 Å². The van der Waals surface area contributed by atoms with Crippen LogP contribution in [0.2, 0.25) is 0 Å². The second-order valence-corrected chi connectivity index (χ2v) is 6.48. The minimum Gasteiger partial charge on any atom is -0.266 e. The highest BCUT2D eigenvalue weighted by Crippen LogP contribution is 2.22. The molecule has 0 amide bonds. The van der Waals surface area contributed by atoms with Crippen LogP contribution in [0.3, 0.4) is 0 Å². The number of alkyl halides is 2. The lowest BCUT2D eigenvalue weighted by molar-refractivity contribution is 0.121. The van der Waals surface area contributed by atoms with Gasteiger partial charge in [0.25, 0.3) is 6.43 Å². The van der Waals surface area contributed by atoms with Crippen LogP contribution in [0.15, 0.2) is 35.5 Å². The fourth-order valence-corrected chi connectivity index (χ4v) is 3.17. The Balaban J connectivity index is 2.22. The summed E-state index contributed by atoms with van der Waals surface area (Å²) in [6.45, 7) is 0.510. The minimum atomic E-state index is -4.17. The van der Waals surface area contributed by atoms with Crippen molar-refractivity contribution in [3.8, 4) is 0 Å². The number of sulfonamides is 1. The summed E-state index contributed by atoms with van der Waals surface area (Å²) in [6, 6.07) is 1.97. The summed E-state index contributed by atoms with van der Waals surface area (Å²) in [7, 11) is -4.17. The molecule has 10 heteroatoms. The van der Waals surface area contributed by atoms with E-state index in [1.807, 2.05) is 0 Å². The lowest BCUT2D eigenvalue weighted by Gasteiger charge is -2.15. The first-order valence-corrected chi connectivity index (χ1v) is 7.96. The number of nitrogens with zero attached hydrogens (tertiary/aromatic N) is 2. The Labute approximate surface area is 130 Å². The third kappa shape index (κ3) is 4.08. The summed E-state index contributed by atoms with van der Waals surface area (Å²) in [5.41, 5.74) is -0.434. The molecular formula is C13H13F4N3O2S. The molecule has 5 nitrogen and oxygen atoms in total. The highest BCUT2D eigenvalue weighted by Gasteiger charge is 2.24. The van der Waals surface area contributed by atoms with Gasteiger partial charge in [-0.25, -0.2) is 30.7 Å². The molecule has 1 N–H and O–H groups in total. The number of rotatable bonds is 6. The first-order chi connectivity index (χ1) is 10.7. The predicted molar refractivity (Wildman–Crippen MR) is 73.3 cm³/mol. The van der Waals surface area contributed by atoms with Crippen molar-refractivity contribution in [3.05, 3.63) is 47.8 Å². The molecule has 0 radical (unpaired) electrons. The molecule has 2 aromatic rings. The number of hydrogen-bond donors (Lipinski definition) is 1. The van der Waals surface area contributed by atoms with Gasteiger partial charge in [0, 0.05) is 17.8 Å². The van der Waals surface area contributed by atoms with Crippen molar-refractivity contribution < 1.29 is 26.0 Å². The zero-order valence-corrected chi connectivity index (χ0v) is 12.7. The van der Waals surface area contributed by atoms with Crippen LogP contribution in [0.5, 0.6) is 0 Å². The molecule has 0 aliphatic rings. The van der Waals surface area contributed by atoms with Gasteiger partial charge in [-0.1, -0.05) is 6.07 Å². The zero-order chi connectivity index (χ0) is 17.2. The van der Waals surface area contributed by atoms with Gasteiger partial charge in [-0.2, -0.15) is 5.10 Å². The second kappa shape index (κ2) is 6.67. The van der Waals surface area contributed by atoms with E-state index in [-0.39, 0.29) is 4.90 Å². The smallest absolute Gasteiger partial charge is 0.257 e. The van der Waals surface area contributed by atoms with E-state index in [1.165, 1.54) is 6.92 Å². The fraction of sp³-hybridized carbons (Fsp3) is 0.308. The van der Waals surface area contributed by atoms with Crippen molar-refractivity contribution >= 4 is 10.0 Å². The molecule has 0 aliphatic carbocycles. The third-order valence-corrected chi connectivity index (χ3v) is 4.50. The first kappa shape index (κ1) is 17.4. The average Bonchev–Trinajstić information content (AvgIpc) is 2.86. The minimum absolute atomic E-state index is 0.373. The van der Waals surface area contributed by atoms with Crippen LogP contribution in [0.1, 0.15) is 18.5 Å². The largest absolute Gasteiger partial charge is 0.266 e. The van der Waals surface area contributed by atoms with Gasteiger partial charge in [-0.05, 0) is 19.1 Å². The number of nitrogens with one attached hydrogen (secondary N) is 1. The monoisotopic (exact) mass is 351 g/mol. The standard InChI is InChI=1S/C13H13F4N3O2S/c1-8(13-10(14)3-2-4-11(13)15)19-23(21,22)9-5-18-20(6-9)7-12(16)17/h2-6,8,12,19H,7H2,1H3. The average molecular weight is 351 g/mol. The van der Waals surface area contributed by atoms with Crippen LogP contribution >= 0.6 is 0 Å². The molecule has 0 saturated heterocycles. The molecular weight excluding hydrogens is 338 g/mol. The molecule has 23 heavy (non-hydrogen) atoms. The van der Waals surface area contributed by atoms with Gasteiger partial charge < -0.3 is 0 Å². The quantitative estimate of drug-likeness (QED) is 0.813. The summed E-state index contributed by atoms with van der Waals surface area (Å²) in [5, 5.41) is 3.51. The molecule has 0 fully saturated rings. The Kier molecular flexibility index (Phi) is 5.05. The van der Waals surface area contributed by atoms with Gasteiger partial charge in [0.1, 0.15) is 23.1 Å². The SMILES string of the molecule is CC(NS(=O)(=O)c1cnn(CC(F)F)c1)c1c(F)cccc1F. The molecule has 1 atom stereocenters. The first-order valence-electron chi connectivity index (χ1n) is 6.47. The van der Waals surface area contributed by atoms with Crippen molar-refractivity contribution in [1.82, 2.24) is 14.5 Å². The van der Waals surface area contributed by atoms with Crippen molar-refractivity contribution in [2.24, 2.45) is 0 Å². The molecule has 1 unspecified atom stereocenters. The van der Waals surface area contributed by atoms with Crippen LogP contribution in [-0.2, 0) is 16.6 Å². The molecule has 0 spiro atoms. The number of benzene rings is 1. The Morgan fingerprint density at radius 2 is 1.87 bits per heavy atom.